The molecule has 2 nitrogen and oxygen atoms in total. The Hall–Kier alpha value is -0.630. The second-order valence-corrected chi connectivity index (χ2v) is 2.54. The highest BCUT2D eigenvalue weighted by atomic mass is 16.2. The summed E-state index contributed by atoms with van der Waals surface area (Å²) in [4.78, 5) is 11.0. The molecule has 0 atom stereocenters. The van der Waals surface area contributed by atoms with Gasteiger partial charge in [-0.05, 0) is 24.8 Å². The van der Waals surface area contributed by atoms with E-state index in [1.54, 1.807) is 6.08 Å². The lowest BCUT2D eigenvalue weighted by Gasteiger charge is -2.11. The highest BCUT2D eigenvalue weighted by Crippen LogP contribution is 2.18. The van der Waals surface area contributed by atoms with Gasteiger partial charge in [0, 0.05) is 6.42 Å². The second-order valence-electron chi connectivity index (χ2n) is 2.54. The van der Waals surface area contributed by atoms with E-state index in [0.717, 1.165) is 24.8 Å². The Kier molecular flexibility index (Phi) is 2.63. The number of aliphatic hydroxyl groups excluding tert-OH is 1. The van der Waals surface area contributed by atoms with Crippen LogP contribution in [0.4, 0.5) is 0 Å². The monoisotopic (exact) mass is 140 g/mol. The fraction of sp³-hybridized carbons (Fsp3) is 0.625. The summed E-state index contributed by atoms with van der Waals surface area (Å²) >= 11 is 0. The minimum Gasteiger partial charge on any atom is -0.392 e. The van der Waals surface area contributed by atoms with Crippen LogP contribution in [0, 0.1) is 0 Å². The number of hydrogen-bond donors (Lipinski definition) is 1. The molecule has 1 aliphatic carbocycles. The van der Waals surface area contributed by atoms with E-state index >= 15 is 0 Å². The maximum atomic E-state index is 11.0. The third-order valence-electron chi connectivity index (χ3n) is 1.80. The number of Topliss-reactive ketones (excluding diaryl/α,β-unsaturated/α-hetero) is 1. The van der Waals surface area contributed by atoms with Crippen LogP contribution in [-0.4, -0.2) is 17.5 Å². The molecule has 0 aliphatic heterocycles. The van der Waals surface area contributed by atoms with Gasteiger partial charge in [0.1, 0.15) is 0 Å². The number of ketones is 1. The quantitative estimate of drug-likeness (QED) is 0.553. The summed E-state index contributed by atoms with van der Waals surface area (Å²) in [6.07, 6.45) is 5.27. The molecule has 1 saturated carbocycles. The fourth-order valence-electron chi connectivity index (χ4n) is 1.23. The molecule has 0 amide bonds. The van der Waals surface area contributed by atoms with E-state index in [1.807, 2.05) is 0 Å². The van der Waals surface area contributed by atoms with E-state index in [1.165, 1.54) is 0 Å². The van der Waals surface area contributed by atoms with Crippen LogP contribution in [0.2, 0.25) is 0 Å². The Labute approximate surface area is 60.6 Å². The van der Waals surface area contributed by atoms with Crippen LogP contribution in [0.25, 0.3) is 0 Å². The number of hydrogen-bond acceptors (Lipinski definition) is 2. The van der Waals surface area contributed by atoms with Gasteiger partial charge in [0.2, 0.25) is 0 Å². The van der Waals surface area contributed by atoms with Crippen molar-refractivity contribution in [1.82, 2.24) is 0 Å². The van der Waals surface area contributed by atoms with Gasteiger partial charge in [0.25, 0.3) is 0 Å². The van der Waals surface area contributed by atoms with Crippen LogP contribution < -0.4 is 0 Å². The maximum Gasteiger partial charge on any atom is 0.158 e. The average molecular weight is 140 g/mol. The van der Waals surface area contributed by atoms with Gasteiger partial charge in [-0.3, -0.25) is 4.79 Å². The van der Waals surface area contributed by atoms with Gasteiger partial charge in [0.15, 0.2) is 5.78 Å². The lowest BCUT2D eigenvalue weighted by molar-refractivity contribution is -0.116. The zero-order chi connectivity index (χ0) is 7.40. The van der Waals surface area contributed by atoms with Gasteiger partial charge < -0.3 is 5.11 Å². The minimum atomic E-state index is 0.00106. The molecule has 1 aliphatic rings. The van der Waals surface area contributed by atoms with E-state index in [9.17, 15) is 4.79 Å². The molecule has 0 radical (unpaired) electrons. The third-order valence-corrected chi connectivity index (χ3v) is 1.80. The molecule has 0 heterocycles. The lowest BCUT2D eigenvalue weighted by Crippen LogP contribution is -2.08. The molecule has 0 saturated heterocycles. The van der Waals surface area contributed by atoms with Crippen molar-refractivity contribution in [3.05, 3.63) is 11.6 Å². The topological polar surface area (TPSA) is 37.3 Å². The molecular formula is C8H12O2. The summed E-state index contributed by atoms with van der Waals surface area (Å²) in [6.45, 7) is 0.00106. The van der Waals surface area contributed by atoms with Crippen LogP contribution in [0.5, 0.6) is 0 Å². The smallest absolute Gasteiger partial charge is 0.158 e. The molecule has 0 aromatic heterocycles. The predicted molar refractivity (Wildman–Crippen MR) is 38.6 cm³/mol. The number of allylic oxidation sites excluding steroid dienone is 1. The summed E-state index contributed by atoms with van der Waals surface area (Å²) in [6, 6.07) is 0. The van der Waals surface area contributed by atoms with Crippen molar-refractivity contribution >= 4 is 5.78 Å². The van der Waals surface area contributed by atoms with Crippen molar-refractivity contribution in [3.63, 3.8) is 0 Å². The first-order valence-corrected chi connectivity index (χ1v) is 3.67. The van der Waals surface area contributed by atoms with Crippen LogP contribution in [0.1, 0.15) is 25.7 Å². The zero-order valence-corrected chi connectivity index (χ0v) is 5.97. The van der Waals surface area contributed by atoms with Crippen molar-refractivity contribution in [1.29, 1.82) is 0 Å². The SMILES string of the molecule is O=C1CCCC/C1=C\CO. The molecule has 2 heteroatoms. The molecular weight excluding hydrogens is 128 g/mol. The molecule has 10 heavy (non-hydrogen) atoms. The van der Waals surface area contributed by atoms with E-state index in [0.29, 0.717) is 6.42 Å². The molecule has 0 unspecified atom stereocenters. The standard InChI is InChI=1S/C8H12O2/c9-6-5-7-3-1-2-4-8(7)10/h5,9H,1-4,6H2/b7-5+. The van der Waals surface area contributed by atoms with Crippen molar-refractivity contribution in [2.75, 3.05) is 6.61 Å². The number of carbonyl (C=O) groups is 1. The maximum absolute atomic E-state index is 11.0. The summed E-state index contributed by atoms with van der Waals surface area (Å²) in [5, 5.41) is 8.51. The van der Waals surface area contributed by atoms with Crippen LogP contribution >= 0.6 is 0 Å². The molecule has 1 rings (SSSR count). The normalized spacial score (nSPS) is 23.7. The number of carbonyl (C=O) groups excluding carboxylic acids is 1. The zero-order valence-electron chi connectivity index (χ0n) is 5.97. The first-order chi connectivity index (χ1) is 4.84. The van der Waals surface area contributed by atoms with Crippen LogP contribution in [0.3, 0.4) is 0 Å². The summed E-state index contributed by atoms with van der Waals surface area (Å²) < 4.78 is 0. The van der Waals surface area contributed by atoms with Gasteiger partial charge in [-0.2, -0.15) is 0 Å². The summed E-state index contributed by atoms with van der Waals surface area (Å²) in [5.41, 5.74) is 0.828. The average Bonchev–Trinajstić information content (AvgIpc) is 1.94. The largest absolute Gasteiger partial charge is 0.392 e. The van der Waals surface area contributed by atoms with Crippen molar-refractivity contribution in [2.45, 2.75) is 25.7 Å². The highest BCUT2D eigenvalue weighted by molar-refractivity contribution is 5.95. The van der Waals surface area contributed by atoms with E-state index in [4.69, 9.17) is 5.11 Å². The van der Waals surface area contributed by atoms with E-state index < -0.39 is 0 Å². The van der Waals surface area contributed by atoms with Gasteiger partial charge in [-0.1, -0.05) is 6.08 Å². The molecule has 1 N–H and O–H groups in total. The minimum absolute atomic E-state index is 0.00106. The fourth-order valence-corrected chi connectivity index (χ4v) is 1.23. The van der Waals surface area contributed by atoms with Gasteiger partial charge in [0.05, 0.1) is 6.61 Å². The van der Waals surface area contributed by atoms with E-state index in [-0.39, 0.29) is 12.4 Å². The first kappa shape index (κ1) is 7.48. The van der Waals surface area contributed by atoms with Crippen LogP contribution in [-0.2, 0) is 4.79 Å². The van der Waals surface area contributed by atoms with Gasteiger partial charge in [-0.15, -0.1) is 0 Å². The second kappa shape index (κ2) is 3.52. The Morgan fingerprint density at radius 2 is 2.10 bits per heavy atom. The Morgan fingerprint density at radius 1 is 1.40 bits per heavy atom. The van der Waals surface area contributed by atoms with Gasteiger partial charge >= 0.3 is 0 Å². The van der Waals surface area contributed by atoms with Gasteiger partial charge in [-0.25, -0.2) is 0 Å². The molecule has 1 fully saturated rings. The predicted octanol–water partition coefficient (Wildman–Crippen LogP) is 1.05. The molecule has 56 valence electrons. The first-order valence-electron chi connectivity index (χ1n) is 3.67. The van der Waals surface area contributed by atoms with Crippen molar-refractivity contribution < 1.29 is 9.90 Å². The number of rotatable bonds is 1. The van der Waals surface area contributed by atoms with Crippen LogP contribution in [0.15, 0.2) is 11.6 Å². The van der Waals surface area contributed by atoms with Crippen molar-refractivity contribution in [3.8, 4) is 0 Å². The number of aliphatic hydroxyl groups is 1. The summed E-state index contributed by atoms with van der Waals surface area (Å²) in [5.74, 6) is 0.223. The Morgan fingerprint density at radius 3 is 2.70 bits per heavy atom. The molecule has 0 aromatic carbocycles. The highest BCUT2D eigenvalue weighted by Gasteiger charge is 2.13. The van der Waals surface area contributed by atoms with E-state index in [2.05, 4.69) is 0 Å². The summed E-state index contributed by atoms with van der Waals surface area (Å²) in [7, 11) is 0. The molecule has 0 aromatic rings. The Bertz CT molecular complexity index is 159. The third kappa shape index (κ3) is 1.67. The Balaban J connectivity index is 2.56. The van der Waals surface area contributed by atoms with Crippen molar-refractivity contribution in [2.24, 2.45) is 0 Å². The molecule has 0 bridgehead atoms. The lowest BCUT2D eigenvalue weighted by atomic mass is 9.93. The molecule has 0 spiro atoms.